The minimum Gasteiger partial charge on any atom is -0.400 e. The van der Waals surface area contributed by atoms with E-state index in [9.17, 15) is 5.11 Å². The summed E-state index contributed by atoms with van der Waals surface area (Å²) in [4.78, 5) is 2.18. The van der Waals surface area contributed by atoms with E-state index < -0.39 is 6.10 Å². The molecule has 0 aliphatic carbocycles. The number of anilines is 2. The van der Waals surface area contributed by atoms with E-state index in [0.29, 0.717) is 24.0 Å². The summed E-state index contributed by atoms with van der Waals surface area (Å²) >= 11 is 1.70. The fourth-order valence-corrected chi connectivity index (χ4v) is 4.20. The van der Waals surface area contributed by atoms with Crippen LogP contribution in [0.1, 0.15) is 31.7 Å². The van der Waals surface area contributed by atoms with E-state index in [4.69, 9.17) is 11.6 Å². The normalized spacial score (nSPS) is 20.4. The van der Waals surface area contributed by atoms with Gasteiger partial charge in [-0.1, -0.05) is 44.2 Å². The Balaban J connectivity index is 1.56. The number of rotatable bonds is 8. The van der Waals surface area contributed by atoms with Crippen molar-refractivity contribution in [3.63, 3.8) is 0 Å². The number of benzene rings is 2. The summed E-state index contributed by atoms with van der Waals surface area (Å²) in [7, 11) is 0. The van der Waals surface area contributed by atoms with Gasteiger partial charge in [0.1, 0.15) is 0 Å². The second-order valence-electron chi connectivity index (χ2n) is 8.04. The molecule has 0 spiro atoms. The van der Waals surface area contributed by atoms with Gasteiger partial charge in [-0.3, -0.25) is 9.91 Å². The van der Waals surface area contributed by atoms with E-state index >= 15 is 0 Å². The highest BCUT2D eigenvalue weighted by Gasteiger charge is 2.29. The smallest absolute Gasteiger partial charge is 0.0736 e. The monoisotopic (exact) mass is 427 g/mol. The van der Waals surface area contributed by atoms with Gasteiger partial charge in [-0.25, -0.2) is 5.84 Å². The van der Waals surface area contributed by atoms with Crippen LogP contribution in [0.5, 0.6) is 0 Å². The zero-order chi connectivity index (χ0) is 21.5. The molecule has 7 heteroatoms. The predicted octanol–water partition coefficient (Wildman–Crippen LogP) is 3.49. The molecule has 2 atom stereocenters. The number of nitrogens with two attached hydrogens (primary N) is 2. The zero-order valence-corrected chi connectivity index (χ0v) is 18.6. The van der Waals surface area contributed by atoms with Crippen molar-refractivity contribution in [3.05, 3.63) is 72.1 Å². The molecule has 162 valence electrons. The number of piperidine rings is 1. The Bertz CT molecular complexity index is 829. The van der Waals surface area contributed by atoms with Crippen molar-refractivity contribution in [1.29, 1.82) is 0 Å². The molecule has 0 aromatic heterocycles. The van der Waals surface area contributed by atoms with Crippen molar-refractivity contribution in [2.75, 3.05) is 29.4 Å². The summed E-state index contributed by atoms with van der Waals surface area (Å²) in [6, 6.07) is 18.1. The van der Waals surface area contributed by atoms with Crippen molar-refractivity contribution >= 4 is 23.3 Å². The van der Waals surface area contributed by atoms with E-state index in [0.717, 1.165) is 24.3 Å². The van der Waals surface area contributed by atoms with Crippen LogP contribution in [0.3, 0.4) is 0 Å². The minimum atomic E-state index is -0.428. The number of nitrogens with one attached hydrogen (secondary N) is 1. The van der Waals surface area contributed by atoms with E-state index in [1.807, 2.05) is 30.3 Å². The number of likely N-dealkylation sites (tertiary alicyclic amines) is 1. The molecule has 2 aromatic carbocycles. The fourth-order valence-electron chi connectivity index (χ4n) is 3.70. The molecule has 1 heterocycles. The highest BCUT2D eigenvalue weighted by molar-refractivity contribution is 8.01. The number of aliphatic hydroxyl groups excluding tert-OH is 1. The first-order valence-electron chi connectivity index (χ1n) is 10.4. The standard InChI is InChI=1S/C23H33N5OS/c1-17(2)30-26-20-8-6-7-18(13-20)22-11-12-27(16-23(22)29)14-19(24)15-28(25)21-9-4-3-5-10-21/h3-10,13,15,17,22-23,26,29H,11-12,14,16,24-25H2,1-2H3/b19-15-. The molecule has 6 nitrogen and oxygen atoms in total. The van der Waals surface area contributed by atoms with Gasteiger partial charge >= 0.3 is 0 Å². The lowest BCUT2D eigenvalue weighted by Crippen LogP contribution is -2.44. The third-order valence-corrected chi connectivity index (χ3v) is 5.98. The summed E-state index contributed by atoms with van der Waals surface area (Å²) in [5, 5.41) is 12.9. The lowest BCUT2D eigenvalue weighted by molar-refractivity contribution is 0.0556. The van der Waals surface area contributed by atoms with Crippen molar-refractivity contribution in [1.82, 2.24) is 4.90 Å². The van der Waals surface area contributed by atoms with Crippen LogP contribution in [-0.4, -0.2) is 41.0 Å². The van der Waals surface area contributed by atoms with Crippen LogP contribution in [0.15, 0.2) is 66.5 Å². The molecule has 0 saturated carbocycles. The largest absolute Gasteiger partial charge is 0.400 e. The quantitative estimate of drug-likeness (QED) is 0.291. The molecule has 3 rings (SSSR count). The molecule has 1 aliphatic heterocycles. The molecule has 2 aromatic rings. The number of hydrazine groups is 1. The SMILES string of the molecule is CC(C)SNc1cccc(C2CCN(C/C(N)=C/N(N)c3ccccc3)CC2O)c1. The zero-order valence-electron chi connectivity index (χ0n) is 17.7. The van der Waals surface area contributed by atoms with Gasteiger partial charge in [0.25, 0.3) is 0 Å². The maximum Gasteiger partial charge on any atom is 0.0736 e. The summed E-state index contributed by atoms with van der Waals surface area (Å²) < 4.78 is 3.39. The highest BCUT2D eigenvalue weighted by atomic mass is 32.2. The number of hydrogen-bond acceptors (Lipinski definition) is 7. The Morgan fingerprint density at radius 1 is 1.27 bits per heavy atom. The van der Waals surface area contributed by atoms with Crippen molar-refractivity contribution in [3.8, 4) is 0 Å². The number of para-hydroxylation sites is 1. The van der Waals surface area contributed by atoms with Crippen LogP contribution < -0.4 is 21.3 Å². The van der Waals surface area contributed by atoms with Crippen LogP contribution in [0.4, 0.5) is 11.4 Å². The van der Waals surface area contributed by atoms with E-state index in [1.54, 1.807) is 18.1 Å². The topological polar surface area (TPSA) is 90.8 Å². The summed E-state index contributed by atoms with van der Waals surface area (Å²) in [6.45, 7) is 6.37. The Labute approximate surface area is 184 Å². The Morgan fingerprint density at radius 2 is 2.03 bits per heavy atom. The molecule has 1 aliphatic rings. The van der Waals surface area contributed by atoms with E-state index in [-0.39, 0.29) is 5.92 Å². The molecular formula is C23H33N5OS. The lowest BCUT2D eigenvalue weighted by Gasteiger charge is -2.36. The first kappa shape index (κ1) is 22.5. The van der Waals surface area contributed by atoms with Gasteiger partial charge in [-0.05, 0) is 54.7 Å². The maximum atomic E-state index is 10.8. The molecule has 0 radical (unpaired) electrons. The summed E-state index contributed by atoms with van der Waals surface area (Å²) in [6.07, 6.45) is 2.21. The number of nitrogens with zero attached hydrogens (tertiary/aromatic N) is 2. The van der Waals surface area contributed by atoms with Crippen LogP contribution in [-0.2, 0) is 0 Å². The Morgan fingerprint density at radius 3 is 2.73 bits per heavy atom. The number of β-amino-alcohol motifs (C(OH)–C–C–N with tert-alkyl or cyclic N) is 1. The van der Waals surface area contributed by atoms with E-state index in [1.165, 1.54) is 10.6 Å². The Kier molecular flexibility index (Phi) is 8.04. The van der Waals surface area contributed by atoms with Gasteiger partial charge in [0.15, 0.2) is 0 Å². The average molecular weight is 428 g/mol. The number of aliphatic hydroxyl groups is 1. The minimum absolute atomic E-state index is 0.132. The van der Waals surface area contributed by atoms with Gasteiger partial charge in [0, 0.05) is 41.8 Å². The molecule has 30 heavy (non-hydrogen) atoms. The van der Waals surface area contributed by atoms with Crippen LogP contribution in [0, 0.1) is 0 Å². The number of hydrogen-bond donors (Lipinski definition) is 4. The molecular weight excluding hydrogens is 394 g/mol. The maximum absolute atomic E-state index is 10.8. The second-order valence-corrected chi connectivity index (χ2v) is 9.42. The predicted molar refractivity (Wildman–Crippen MR) is 128 cm³/mol. The molecule has 1 fully saturated rings. The highest BCUT2D eigenvalue weighted by Crippen LogP contribution is 2.31. The van der Waals surface area contributed by atoms with Crippen LogP contribution in [0.25, 0.3) is 0 Å². The van der Waals surface area contributed by atoms with Gasteiger partial charge in [-0.2, -0.15) is 0 Å². The van der Waals surface area contributed by atoms with Gasteiger partial charge in [-0.15, -0.1) is 0 Å². The second kappa shape index (κ2) is 10.7. The van der Waals surface area contributed by atoms with Gasteiger partial charge < -0.3 is 15.6 Å². The van der Waals surface area contributed by atoms with Gasteiger partial charge in [0.2, 0.25) is 0 Å². The fraction of sp³-hybridized carbons (Fsp3) is 0.391. The first-order valence-corrected chi connectivity index (χ1v) is 11.3. The van der Waals surface area contributed by atoms with Crippen molar-refractivity contribution in [2.24, 2.45) is 11.6 Å². The first-order chi connectivity index (χ1) is 14.4. The van der Waals surface area contributed by atoms with Gasteiger partial charge in [0.05, 0.1) is 11.8 Å². The van der Waals surface area contributed by atoms with Crippen molar-refractivity contribution < 1.29 is 5.11 Å². The molecule has 0 amide bonds. The summed E-state index contributed by atoms with van der Waals surface area (Å²) in [5.41, 5.74) is 10.0. The van der Waals surface area contributed by atoms with Crippen molar-refractivity contribution in [2.45, 2.75) is 37.5 Å². The van der Waals surface area contributed by atoms with E-state index in [2.05, 4.69) is 47.7 Å². The average Bonchev–Trinajstić information content (AvgIpc) is 2.73. The third-order valence-electron chi connectivity index (χ3n) is 5.16. The molecule has 2 unspecified atom stereocenters. The molecule has 6 N–H and O–H groups in total. The summed E-state index contributed by atoms with van der Waals surface area (Å²) in [5.74, 6) is 6.22. The molecule has 0 bridgehead atoms. The third kappa shape index (κ3) is 6.40. The Hall–Kier alpha value is -2.19. The molecule has 1 saturated heterocycles. The van der Waals surface area contributed by atoms with Crippen LogP contribution in [0.2, 0.25) is 0 Å². The van der Waals surface area contributed by atoms with Crippen LogP contribution >= 0.6 is 11.9 Å². The lowest BCUT2D eigenvalue weighted by atomic mass is 9.87.